The SMILES string of the molecule is COC(=O)[C@@H](Cc1ccc(OCCN(C)c2ccccn2)cc1)Nc1ccccc1C(=O)c1ccccc1. The van der Waals surface area contributed by atoms with E-state index in [1.54, 1.807) is 36.5 Å². The zero-order chi connectivity index (χ0) is 26.7. The minimum atomic E-state index is -0.677. The molecule has 194 valence electrons. The molecule has 4 rings (SSSR count). The molecule has 0 unspecified atom stereocenters. The summed E-state index contributed by atoms with van der Waals surface area (Å²) in [5.74, 6) is 1.10. The third kappa shape index (κ3) is 6.97. The topological polar surface area (TPSA) is 80.8 Å². The minimum Gasteiger partial charge on any atom is -0.492 e. The zero-order valence-electron chi connectivity index (χ0n) is 21.5. The lowest BCUT2D eigenvalue weighted by Crippen LogP contribution is -2.33. The van der Waals surface area contributed by atoms with Crippen LogP contribution in [0.25, 0.3) is 0 Å². The highest BCUT2D eigenvalue weighted by atomic mass is 16.5. The number of pyridine rings is 1. The van der Waals surface area contributed by atoms with Gasteiger partial charge in [-0.05, 0) is 42.0 Å². The van der Waals surface area contributed by atoms with Crippen molar-refractivity contribution in [1.82, 2.24) is 4.98 Å². The first-order chi connectivity index (χ1) is 18.5. The van der Waals surface area contributed by atoms with Crippen molar-refractivity contribution in [2.24, 2.45) is 0 Å². The lowest BCUT2D eigenvalue weighted by molar-refractivity contribution is -0.141. The van der Waals surface area contributed by atoms with Crippen molar-refractivity contribution in [3.8, 4) is 5.75 Å². The molecule has 3 aromatic carbocycles. The molecule has 0 aliphatic heterocycles. The largest absolute Gasteiger partial charge is 0.492 e. The molecule has 7 heteroatoms. The average Bonchev–Trinajstić information content (AvgIpc) is 2.98. The van der Waals surface area contributed by atoms with E-state index in [0.29, 0.717) is 36.4 Å². The predicted octanol–water partition coefficient (Wildman–Crippen LogP) is 5.02. The molecule has 4 aromatic rings. The van der Waals surface area contributed by atoms with Crippen molar-refractivity contribution >= 4 is 23.3 Å². The average molecular weight is 510 g/mol. The van der Waals surface area contributed by atoms with E-state index in [-0.39, 0.29) is 5.78 Å². The third-order valence-corrected chi connectivity index (χ3v) is 6.12. The Hall–Kier alpha value is -4.65. The Labute approximate surface area is 223 Å². The number of aromatic nitrogens is 1. The Morgan fingerprint density at radius 2 is 1.61 bits per heavy atom. The molecule has 0 aliphatic rings. The lowest BCUT2D eigenvalue weighted by Gasteiger charge is -2.20. The number of likely N-dealkylation sites (N-methyl/N-ethyl adjacent to an activating group) is 1. The Morgan fingerprint density at radius 1 is 0.895 bits per heavy atom. The molecule has 0 fully saturated rings. The van der Waals surface area contributed by atoms with E-state index in [2.05, 4.69) is 10.3 Å². The maximum Gasteiger partial charge on any atom is 0.328 e. The van der Waals surface area contributed by atoms with Crippen LogP contribution in [0.1, 0.15) is 21.5 Å². The fourth-order valence-electron chi connectivity index (χ4n) is 4.03. The number of carbonyl (C=O) groups is 2. The van der Waals surface area contributed by atoms with E-state index in [1.807, 2.05) is 78.7 Å². The standard InChI is InChI=1S/C31H31N3O4/c1-34(29-14-8-9-19-32-29)20-21-38-25-17-15-23(16-18-25)22-28(31(36)37-2)33-27-13-7-6-12-26(27)30(35)24-10-4-3-5-11-24/h3-19,28,33H,20-22H2,1-2H3/t28-/m1/s1. The van der Waals surface area contributed by atoms with Crippen LogP contribution in [0, 0.1) is 0 Å². The molecular weight excluding hydrogens is 478 g/mol. The van der Waals surface area contributed by atoms with Gasteiger partial charge in [-0.1, -0.05) is 60.7 Å². The monoisotopic (exact) mass is 509 g/mol. The fourth-order valence-corrected chi connectivity index (χ4v) is 4.03. The molecule has 0 saturated heterocycles. The summed E-state index contributed by atoms with van der Waals surface area (Å²) in [5.41, 5.74) is 2.58. The molecule has 1 aromatic heterocycles. The highest BCUT2D eigenvalue weighted by Crippen LogP contribution is 2.22. The van der Waals surface area contributed by atoms with Crippen LogP contribution in [0.5, 0.6) is 5.75 Å². The number of ketones is 1. The highest BCUT2D eigenvalue weighted by molar-refractivity contribution is 6.12. The highest BCUT2D eigenvalue weighted by Gasteiger charge is 2.22. The van der Waals surface area contributed by atoms with E-state index in [0.717, 1.165) is 17.1 Å². The third-order valence-electron chi connectivity index (χ3n) is 6.12. The molecule has 0 bridgehead atoms. The Kier molecular flexibility index (Phi) is 9.07. The number of anilines is 2. The minimum absolute atomic E-state index is 0.118. The Bertz CT molecular complexity index is 1330. The maximum absolute atomic E-state index is 13.1. The van der Waals surface area contributed by atoms with Crippen molar-refractivity contribution < 1.29 is 19.1 Å². The van der Waals surface area contributed by atoms with E-state index < -0.39 is 12.0 Å². The van der Waals surface area contributed by atoms with Gasteiger partial charge >= 0.3 is 5.97 Å². The number of nitrogens with one attached hydrogen (secondary N) is 1. The van der Waals surface area contributed by atoms with Crippen LogP contribution < -0.4 is 15.0 Å². The normalized spacial score (nSPS) is 11.3. The number of esters is 1. The second-order valence-electron chi connectivity index (χ2n) is 8.77. The summed E-state index contributed by atoms with van der Waals surface area (Å²) in [5, 5.41) is 3.24. The molecule has 7 nitrogen and oxygen atoms in total. The Morgan fingerprint density at radius 3 is 2.32 bits per heavy atom. The Balaban J connectivity index is 1.40. The van der Waals surface area contributed by atoms with Crippen LogP contribution in [0.4, 0.5) is 11.5 Å². The first-order valence-corrected chi connectivity index (χ1v) is 12.4. The quantitative estimate of drug-likeness (QED) is 0.212. The van der Waals surface area contributed by atoms with Crippen molar-refractivity contribution in [3.05, 3.63) is 120 Å². The van der Waals surface area contributed by atoms with E-state index in [9.17, 15) is 9.59 Å². The fraction of sp³-hybridized carbons (Fsp3) is 0.194. The van der Waals surface area contributed by atoms with Crippen molar-refractivity contribution in [3.63, 3.8) is 0 Å². The molecule has 0 aliphatic carbocycles. The smallest absolute Gasteiger partial charge is 0.328 e. The van der Waals surface area contributed by atoms with Crippen LogP contribution in [0.3, 0.4) is 0 Å². The second-order valence-corrected chi connectivity index (χ2v) is 8.77. The van der Waals surface area contributed by atoms with Gasteiger partial charge in [-0.2, -0.15) is 0 Å². The van der Waals surface area contributed by atoms with Gasteiger partial charge in [-0.25, -0.2) is 9.78 Å². The van der Waals surface area contributed by atoms with Gasteiger partial charge in [0.05, 0.1) is 13.7 Å². The van der Waals surface area contributed by atoms with Crippen LogP contribution in [-0.2, 0) is 16.0 Å². The molecule has 0 radical (unpaired) electrons. The van der Waals surface area contributed by atoms with Gasteiger partial charge in [-0.15, -0.1) is 0 Å². The van der Waals surface area contributed by atoms with E-state index in [4.69, 9.17) is 9.47 Å². The molecule has 0 spiro atoms. The van der Waals surface area contributed by atoms with Gasteiger partial charge in [0, 0.05) is 36.5 Å². The first-order valence-electron chi connectivity index (χ1n) is 12.4. The van der Waals surface area contributed by atoms with Gasteiger partial charge in [0.1, 0.15) is 24.2 Å². The summed E-state index contributed by atoms with van der Waals surface area (Å²) >= 11 is 0. The molecule has 1 N–H and O–H groups in total. The summed E-state index contributed by atoms with van der Waals surface area (Å²) < 4.78 is 10.9. The van der Waals surface area contributed by atoms with Crippen LogP contribution in [0.15, 0.2) is 103 Å². The summed E-state index contributed by atoms with van der Waals surface area (Å²) in [4.78, 5) is 32.1. The van der Waals surface area contributed by atoms with Gasteiger partial charge in [0.2, 0.25) is 0 Å². The second kappa shape index (κ2) is 13.1. The lowest BCUT2D eigenvalue weighted by atomic mass is 10.00. The molecule has 38 heavy (non-hydrogen) atoms. The van der Waals surface area contributed by atoms with Crippen molar-refractivity contribution in [2.45, 2.75) is 12.5 Å². The molecule has 0 saturated carbocycles. The number of hydrogen-bond donors (Lipinski definition) is 1. The zero-order valence-corrected chi connectivity index (χ0v) is 21.5. The van der Waals surface area contributed by atoms with Gasteiger partial charge < -0.3 is 19.7 Å². The molecule has 1 atom stereocenters. The summed E-state index contributed by atoms with van der Waals surface area (Å²) in [6.07, 6.45) is 2.14. The van der Waals surface area contributed by atoms with Crippen molar-refractivity contribution in [1.29, 1.82) is 0 Å². The maximum atomic E-state index is 13.1. The number of rotatable bonds is 12. The number of carbonyl (C=O) groups excluding carboxylic acids is 2. The number of para-hydroxylation sites is 1. The summed E-state index contributed by atoms with van der Waals surface area (Å²) in [6, 6.07) is 29.0. The van der Waals surface area contributed by atoms with Crippen LogP contribution >= 0.6 is 0 Å². The number of benzene rings is 3. The van der Waals surface area contributed by atoms with Gasteiger partial charge in [0.25, 0.3) is 0 Å². The number of ether oxygens (including phenoxy) is 2. The number of nitrogens with zero attached hydrogens (tertiary/aromatic N) is 2. The molecule has 0 amide bonds. The van der Waals surface area contributed by atoms with E-state index >= 15 is 0 Å². The summed E-state index contributed by atoms with van der Waals surface area (Å²) in [7, 11) is 3.33. The van der Waals surface area contributed by atoms with Gasteiger partial charge in [0.15, 0.2) is 5.78 Å². The number of methoxy groups -OCH3 is 1. The molecule has 1 heterocycles. The van der Waals surface area contributed by atoms with Gasteiger partial charge in [-0.3, -0.25) is 4.79 Å². The van der Waals surface area contributed by atoms with Crippen LogP contribution in [0.2, 0.25) is 0 Å². The predicted molar refractivity (Wildman–Crippen MR) is 149 cm³/mol. The van der Waals surface area contributed by atoms with Crippen molar-refractivity contribution in [2.75, 3.05) is 37.5 Å². The first kappa shape index (κ1) is 26.4. The van der Waals surface area contributed by atoms with Crippen LogP contribution in [-0.4, -0.2) is 50.1 Å². The summed E-state index contributed by atoms with van der Waals surface area (Å²) in [6.45, 7) is 1.19. The number of hydrogen-bond acceptors (Lipinski definition) is 7. The van der Waals surface area contributed by atoms with E-state index in [1.165, 1.54) is 7.11 Å². The molecular formula is C31H31N3O4.